The first kappa shape index (κ1) is 12.2. The van der Waals surface area contributed by atoms with E-state index in [2.05, 4.69) is 19.2 Å². The molecule has 1 atom stereocenters. The van der Waals surface area contributed by atoms with Gasteiger partial charge in [0, 0.05) is 6.04 Å². The summed E-state index contributed by atoms with van der Waals surface area (Å²) in [4.78, 5) is 0. The first-order chi connectivity index (χ1) is 7.27. The van der Waals surface area contributed by atoms with Gasteiger partial charge in [-0.3, -0.25) is 0 Å². The van der Waals surface area contributed by atoms with Gasteiger partial charge in [-0.2, -0.15) is 0 Å². The lowest BCUT2D eigenvalue weighted by Gasteiger charge is -2.18. The topological polar surface area (TPSA) is 12.0 Å². The first-order valence-corrected chi connectivity index (χ1v) is 5.76. The molecular formula is C13H20FN. The quantitative estimate of drug-likeness (QED) is 0.753. The maximum atomic E-state index is 12.8. The third-order valence-electron chi connectivity index (χ3n) is 2.49. The van der Waals surface area contributed by atoms with Gasteiger partial charge in [0.15, 0.2) is 0 Å². The molecule has 0 spiro atoms. The van der Waals surface area contributed by atoms with Crippen LogP contribution in [0.2, 0.25) is 0 Å². The number of rotatable bonds is 6. The second-order valence-electron chi connectivity index (χ2n) is 3.85. The Labute approximate surface area is 91.7 Å². The van der Waals surface area contributed by atoms with E-state index in [1.807, 2.05) is 12.1 Å². The molecule has 0 heterocycles. The Hall–Kier alpha value is -0.890. The van der Waals surface area contributed by atoms with Crippen LogP contribution in [0, 0.1) is 5.82 Å². The van der Waals surface area contributed by atoms with Gasteiger partial charge >= 0.3 is 0 Å². The molecule has 0 fully saturated rings. The molecule has 2 heteroatoms. The van der Waals surface area contributed by atoms with Crippen molar-refractivity contribution >= 4 is 0 Å². The van der Waals surface area contributed by atoms with Crippen LogP contribution in [0.3, 0.4) is 0 Å². The lowest BCUT2D eigenvalue weighted by molar-refractivity contribution is 0.493. The molecule has 0 radical (unpaired) electrons. The van der Waals surface area contributed by atoms with Crippen LogP contribution in [0.1, 0.15) is 44.7 Å². The van der Waals surface area contributed by atoms with E-state index in [0.717, 1.165) is 25.8 Å². The van der Waals surface area contributed by atoms with Crippen LogP contribution in [0.15, 0.2) is 24.3 Å². The standard InChI is InChI=1S/C13H20FN/c1-3-5-13(15-10-4-2)11-6-8-12(14)9-7-11/h6-9,13,15H,3-5,10H2,1-2H3. The summed E-state index contributed by atoms with van der Waals surface area (Å²) in [6, 6.07) is 7.18. The van der Waals surface area contributed by atoms with Gasteiger partial charge in [0.05, 0.1) is 0 Å². The third-order valence-corrected chi connectivity index (χ3v) is 2.49. The van der Waals surface area contributed by atoms with Gasteiger partial charge in [-0.1, -0.05) is 32.4 Å². The van der Waals surface area contributed by atoms with Gasteiger partial charge in [0.2, 0.25) is 0 Å². The number of halogens is 1. The summed E-state index contributed by atoms with van der Waals surface area (Å²) in [5.41, 5.74) is 1.19. The largest absolute Gasteiger partial charge is 0.310 e. The Kier molecular flexibility index (Phi) is 5.33. The molecule has 0 bridgehead atoms. The number of hydrogen-bond donors (Lipinski definition) is 1. The summed E-state index contributed by atoms with van der Waals surface area (Å²) in [7, 11) is 0. The van der Waals surface area contributed by atoms with Crippen molar-refractivity contribution in [1.82, 2.24) is 5.32 Å². The van der Waals surface area contributed by atoms with Gasteiger partial charge < -0.3 is 5.32 Å². The Morgan fingerprint density at radius 1 is 1.13 bits per heavy atom. The van der Waals surface area contributed by atoms with Crippen molar-refractivity contribution in [2.75, 3.05) is 6.54 Å². The molecule has 1 aromatic rings. The van der Waals surface area contributed by atoms with Gasteiger partial charge in [0.25, 0.3) is 0 Å². The van der Waals surface area contributed by atoms with Crippen LogP contribution < -0.4 is 5.32 Å². The van der Waals surface area contributed by atoms with Crippen molar-refractivity contribution < 1.29 is 4.39 Å². The predicted octanol–water partition coefficient (Wildman–Crippen LogP) is 3.67. The zero-order valence-electron chi connectivity index (χ0n) is 9.59. The highest BCUT2D eigenvalue weighted by Crippen LogP contribution is 2.18. The lowest BCUT2D eigenvalue weighted by atomic mass is 10.0. The Balaban J connectivity index is 2.65. The predicted molar refractivity (Wildman–Crippen MR) is 62.3 cm³/mol. The van der Waals surface area contributed by atoms with E-state index in [1.54, 1.807) is 0 Å². The minimum Gasteiger partial charge on any atom is -0.310 e. The molecule has 0 aliphatic rings. The van der Waals surface area contributed by atoms with Gasteiger partial charge in [-0.15, -0.1) is 0 Å². The monoisotopic (exact) mass is 209 g/mol. The van der Waals surface area contributed by atoms with Crippen molar-refractivity contribution in [3.8, 4) is 0 Å². The van der Waals surface area contributed by atoms with E-state index in [-0.39, 0.29) is 5.82 Å². The molecule has 0 aliphatic carbocycles. The molecule has 1 unspecified atom stereocenters. The van der Waals surface area contributed by atoms with Gasteiger partial charge in [-0.05, 0) is 37.1 Å². The zero-order valence-corrected chi connectivity index (χ0v) is 9.59. The molecule has 0 saturated carbocycles. The summed E-state index contributed by atoms with van der Waals surface area (Å²) < 4.78 is 12.8. The smallest absolute Gasteiger partial charge is 0.123 e. The fourth-order valence-electron chi connectivity index (χ4n) is 1.69. The average Bonchev–Trinajstić information content (AvgIpc) is 2.25. The van der Waals surface area contributed by atoms with Crippen LogP contribution in [0.5, 0.6) is 0 Å². The third kappa shape index (κ3) is 4.00. The molecule has 0 saturated heterocycles. The van der Waals surface area contributed by atoms with E-state index in [4.69, 9.17) is 0 Å². The summed E-state index contributed by atoms with van der Waals surface area (Å²) >= 11 is 0. The van der Waals surface area contributed by atoms with Gasteiger partial charge in [0.1, 0.15) is 5.82 Å². The van der Waals surface area contributed by atoms with Crippen LogP contribution >= 0.6 is 0 Å². The number of hydrogen-bond acceptors (Lipinski definition) is 1. The van der Waals surface area contributed by atoms with Crippen LogP contribution in [0.4, 0.5) is 4.39 Å². The van der Waals surface area contributed by atoms with E-state index in [9.17, 15) is 4.39 Å². The average molecular weight is 209 g/mol. The Morgan fingerprint density at radius 3 is 2.33 bits per heavy atom. The normalized spacial score (nSPS) is 12.7. The zero-order chi connectivity index (χ0) is 11.1. The van der Waals surface area contributed by atoms with Crippen molar-refractivity contribution in [2.24, 2.45) is 0 Å². The maximum absolute atomic E-state index is 12.8. The fourth-order valence-corrected chi connectivity index (χ4v) is 1.69. The molecule has 0 amide bonds. The second-order valence-corrected chi connectivity index (χ2v) is 3.85. The molecule has 1 aromatic carbocycles. The maximum Gasteiger partial charge on any atom is 0.123 e. The van der Waals surface area contributed by atoms with Crippen molar-refractivity contribution in [2.45, 2.75) is 39.2 Å². The highest BCUT2D eigenvalue weighted by molar-refractivity contribution is 5.19. The highest BCUT2D eigenvalue weighted by Gasteiger charge is 2.08. The van der Waals surface area contributed by atoms with E-state index >= 15 is 0 Å². The summed E-state index contributed by atoms with van der Waals surface area (Å²) in [5, 5.41) is 3.48. The van der Waals surface area contributed by atoms with Crippen LogP contribution in [-0.2, 0) is 0 Å². The molecule has 0 aliphatic heterocycles. The van der Waals surface area contributed by atoms with Crippen LogP contribution in [0.25, 0.3) is 0 Å². The first-order valence-electron chi connectivity index (χ1n) is 5.76. The van der Waals surface area contributed by atoms with E-state index < -0.39 is 0 Å². The molecule has 1 nitrogen and oxygen atoms in total. The molecular weight excluding hydrogens is 189 g/mol. The summed E-state index contributed by atoms with van der Waals surface area (Å²) in [6.45, 7) is 5.34. The SMILES string of the molecule is CCCNC(CCC)c1ccc(F)cc1. The lowest BCUT2D eigenvalue weighted by Crippen LogP contribution is -2.21. The fraction of sp³-hybridized carbons (Fsp3) is 0.538. The Morgan fingerprint density at radius 2 is 1.80 bits per heavy atom. The second kappa shape index (κ2) is 6.57. The molecule has 1 rings (SSSR count). The summed E-state index contributed by atoms with van der Waals surface area (Å²) in [6.07, 6.45) is 3.37. The molecule has 15 heavy (non-hydrogen) atoms. The summed E-state index contributed by atoms with van der Waals surface area (Å²) in [5.74, 6) is -0.163. The number of benzene rings is 1. The molecule has 0 aromatic heterocycles. The van der Waals surface area contributed by atoms with Crippen molar-refractivity contribution in [1.29, 1.82) is 0 Å². The van der Waals surface area contributed by atoms with Crippen LogP contribution in [-0.4, -0.2) is 6.54 Å². The van der Waals surface area contributed by atoms with Crippen molar-refractivity contribution in [3.63, 3.8) is 0 Å². The van der Waals surface area contributed by atoms with Gasteiger partial charge in [-0.25, -0.2) is 4.39 Å². The minimum absolute atomic E-state index is 0.163. The van der Waals surface area contributed by atoms with Crippen molar-refractivity contribution in [3.05, 3.63) is 35.6 Å². The minimum atomic E-state index is -0.163. The van der Waals surface area contributed by atoms with E-state index in [1.165, 1.54) is 17.7 Å². The molecule has 84 valence electrons. The number of nitrogens with one attached hydrogen (secondary N) is 1. The highest BCUT2D eigenvalue weighted by atomic mass is 19.1. The van der Waals surface area contributed by atoms with E-state index in [0.29, 0.717) is 6.04 Å². The molecule has 1 N–H and O–H groups in total. The Bertz CT molecular complexity index is 268.